The SMILES string of the molecule is CCS(=O)(=O)c1ccc(C(CO)NC(=O)c2ccc(-c3csc(OCc4ccc(C(F)(F)F)cc4)n3)cc2)cc1. The van der Waals surface area contributed by atoms with E-state index < -0.39 is 33.5 Å². The van der Waals surface area contributed by atoms with Gasteiger partial charge in [-0.15, -0.1) is 0 Å². The average Bonchev–Trinajstić information content (AvgIpc) is 3.44. The number of aliphatic hydroxyl groups excluding tert-OH is 1. The van der Waals surface area contributed by atoms with Crippen LogP contribution in [0.2, 0.25) is 0 Å². The summed E-state index contributed by atoms with van der Waals surface area (Å²) < 4.78 is 67.8. The summed E-state index contributed by atoms with van der Waals surface area (Å²) in [5, 5.41) is 14.7. The third-order valence-corrected chi connectivity index (χ3v) is 8.58. The second-order valence-corrected chi connectivity index (χ2v) is 11.8. The first-order valence-electron chi connectivity index (χ1n) is 12.1. The molecule has 210 valence electrons. The fourth-order valence-corrected chi connectivity index (χ4v) is 5.30. The molecule has 0 saturated heterocycles. The summed E-state index contributed by atoms with van der Waals surface area (Å²) in [7, 11) is -3.36. The van der Waals surface area contributed by atoms with Gasteiger partial charge < -0.3 is 15.2 Å². The molecule has 1 amide bonds. The van der Waals surface area contributed by atoms with E-state index in [1.54, 1.807) is 48.7 Å². The molecule has 7 nitrogen and oxygen atoms in total. The first-order valence-corrected chi connectivity index (χ1v) is 14.6. The van der Waals surface area contributed by atoms with Crippen molar-refractivity contribution in [2.45, 2.75) is 30.6 Å². The van der Waals surface area contributed by atoms with Crippen LogP contribution in [0.1, 0.15) is 40.0 Å². The molecule has 2 N–H and O–H groups in total. The van der Waals surface area contributed by atoms with E-state index in [1.165, 1.54) is 35.6 Å². The number of rotatable bonds is 10. The van der Waals surface area contributed by atoms with Crippen molar-refractivity contribution in [1.29, 1.82) is 0 Å². The van der Waals surface area contributed by atoms with Crippen molar-refractivity contribution < 1.29 is 36.2 Å². The fourth-order valence-electron chi connectivity index (χ4n) is 3.73. The number of aromatic nitrogens is 1. The summed E-state index contributed by atoms with van der Waals surface area (Å²) in [6.07, 6.45) is -4.39. The lowest BCUT2D eigenvalue weighted by Crippen LogP contribution is -2.30. The highest BCUT2D eigenvalue weighted by Crippen LogP contribution is 2.30. The van der Waals surface area contributed by atoms with Crippen LogP contribution < -0.4 is 10.1 Å². The highest BCUT2D eigenvalue weighted by molar-refractivity contribution is 7.91. The Morgan fingerprint density at radius 2 is 1.68 bits per heavy atom. The zero-order chi connectivity index (χ0) is 28.9. The van der Waals surface area contributed by atoms with Gasteiger partial charge in [0.2, 0.25) is 0 Å². The highest BCUT2D eigenvalue weighted by Gasteiger charge is 2.30. The van der Waals surface area contributed by atoms with Crippen LogP contribution in [0.5, 0.6) is 5.19 Å². The van der Waals surface area contributed by atoms with E-state index in [2.05, 4.69) is 10.3 Å². The molecule has 12 heteroatoms. The Labute approximate surface area is 233 Å². The van der Waals surface area contributed by atoms with Gasteiger partial charge in [0.1, 0.15) is 6.61 Å². The molecule has 0 radical (unpaired) electrons. The number of nitrogens with zero attached hydrogens (tertiary/aromatic N) is 1. The van der Waals surface area contributed by atoms with Crippen molar-refractivity contribution >= 4 is 27.1 Å². The lowest BCUT2D eigenvalue weighted by Gasteiger charge is -2.17. The van der Waals surface area contributed by atoms with Crippen molar-refractivity contribution in [3.63, 3.8) is 0 Å². The molecule has 0 aliphatic rings. The van der Waals surface area contributed by atoms with Gasteiger partial charge in [-0.25, -0.2) is 13.4 Å². The molecular weight excluding hydrogens is 565 g/mol. The Hall–Kier alpha value is -3.74. The summed E-state index contributed by atoms with van der Waals surface area (Å²) in [6.45, 7) is 1.24. The van der Waals surface area contributed by atoms with Crippen LogP contribution in [0.15, 0.2) is 83.1 Å². The van der Waals surface area contributed by atoms with Crippen LogP contribution in [0.4, 0.5) is 13.2 Å². The second kappa shape index (κ2) is 12.2. The quantitative estimate of drug-likeness (QED) is 0.247. The topological polar surface area (TPSA) is 106 Å². The van der Waals surface area contributed by atoms with Crippen LogP contribution in [-0.2, 0) is 22.6 Å². The van der Waals surface area contributed by atoms with Gasteiger partial charge in [0, 0.05) is 16.5 Å². The number of sulfone groups is 1. The molecule has 0 spiro atoms. The maximum Gasteiger partial charge on any atom is 0.416 e. The van der Waals surface area contributed by atoms with Crippen LogP contribution in [0.3, 0.4) is 0 Å². The van der Waals surface area contributed by atoms with E-state index in [0.717, 1.165) is 17.7 Å². The van der Waals surface area contributed by atoms with E-state index in [1.807, 2.05) is 0 Å². The van der Waals surface area contributed by atoms with Gasteiger partial charge in [0.15, 0.2) is 9.84 Å². The minimum Gasteiger partial charge on any atom is -0.465 e. The minimum absolute atomic E-state index is 0.0273. The summed E-state index contributed by atoms with van der Waals surface area (Å²) >= 11 is 1.24. The molecular formula is C28H25F3N2O5S2. The number of thiazole rings is 1. The van der Waals surface area contributed by atoms with Gasteiger partial charge >= 0.3 is 6.18 Å². The third-order valence-electron chi connectivity index (χ3n) is 6.08. The van der Waals surface area contributed by atoms with Gasteiger partial charge in [-0.05, 0) is 47.5 Å². The van der Waals surface area contributed by atoms with E-state index in [0.29, 0.717) is 27.6 Å². The molecule has 0 fully saturated rings. The van der Waals surface area contributed by atoms with Crippen molar-refractivity contribution in [1.82, 2.24) is 10.3 Å². The Kier molecular flexibility index (Phi) is 8.92. The maximum atomic E-state index is 12.8. The standard InChI is InChI=1S/C28H25F3N2O5S2/c1-2-40(36,37)23-13-9-19(10-14-23)24(15-34)32-26(35)21-7-5-20(6-8-21)25-17-39-27(33-25)38-16-18-3-11-22(12-4-18)28(29,30)31/h3-14,17,24,34H,2,15-16H2,1H3,(H,32,35). The van der Waals surface area contributed by atoms with Crippen molar-refractivity contribution in [2.75, 3.05) is 12.4 Å². The number of carbonyl (C=O) groups excluding carboxylic acids is 1. The van der Waals surface area contributed by atoms with Crippen molar-refractivity contribution in [3.05, 3.63) is 100 Å². The zero-order valence-electron chi connectivity index (χ0n) is 21.2. The Morgan fingerprint density at radius 3 is 2.25 bits per heavy atom. The van der Waals surface area contributed by atoms with Crippen LogP contribution >= 0.6 is 11.3 Å². The van der Waals surface area contributed by atoms with E-state index in [4.69, 9.17) is 4.74 Å². The number of aliphatic hydroxyl groups is 1. The summed E-state index contributed by atoms with van der Waals surface area (Å²) in [4.78, 5) is 17.4. The number of hydrogen-bond donors (Lipinski definition) is 2. The summed E-state index contributed by atoms with van der Waals surface area (Å²) in [6, 6.07) is 16.7. The number of alkyl halides is 3. The van der Waals surface area contributed by atoms with Crippen molar-refractivity contribution in [3.8, 4) is 16.5 Å². The number of nitrogens with one attached hydrogen (secondary N) is 1. The summed E-state index contributed by atoms with van der Waals surface area (Å²) in [5.74, 6) is -0.449. The molecule has 0 aliphatic carbocycles. The number of benzene rings is 3. The number of halogens is 3. The molecule has 1 atom stereocenters. The molecule has 1 unspecified atom stereocenters. The lowest BCUT2D eigenvalue weighted by molar-refractivity contribution is -0.137. The average molecular weight is 591 g/mol. The molecule has 0 saturated carbocycles. The van der Waals surface area contributed by atoms with Gasteiger partial charge in [-0.2, -0.15) is 13.2 Å². The highest BCUT2D eigenvalue weighted by atomic mass is 32.2. The number of amides is 1. The molecule has 1 aromatic heterocycles. The molecule has 3 aromatic carbocycles. The van der Waals surface area contributed by atoms with E-state index in [-0.39, 0.29) is 23.9 Å². The van der Waals surface area contributed by atoms with Gasteiger partial charge in [0.05, 0.1) is 34.6 Å². The predicted octanol–water partition coefficient (Wildman–Crippen LogP) is 5.66. The number of ether oxygens (including phenoxy) is 1. The Morgan fingerprint density at radius 1 is 1.02 bits per heavy atom. The summed E-state index contributed by atoms with van der Waals surface area (Å²) in [5.41, 5.74) is 2.09. The smallest absolute Gasteiger partial charge is 0.416 e. The zero-order valence-corrected chi connectivity index (χ0v) is 22.8. The molecule has 0 aliphatic heterocycles. The van der Waals surface area contributed by atoms with Crippen LogP contribution in [0.25, 0.3) is 11.3 Å². The second-order valence-electron chi connectivity index (χ2n) is 8.74. The number of carbonyl (C=O) groups is 1. The van der Waals surface area contributed by atoms with Crippen LogP contribution in [-0.4, -0.2) is 36.8 Å². The van der Waals surface area contributed by atoms with Gasteiger partial charge in [-0.1, -0.05) is 54.7 Å². The normalized spacial score (nSPS) is 12.6. The molecule has 40 heavy (non-hydrogen) atoms. The monoisotopic (exact) mass is 590 g/mol. The maximum absolute atomic E-state index is 12.8. The van der Waals surface area contributed by atoms with E-state index in [9.17, 15) is 31.5 Å². The van der Waals surface area contributed by atoms with Crippen LogP contribution in [0, 0.1) is 0 Å². The molecule has 0 bridgehead atoms. The van der Waals surface area contributed by atoms with Gasteiger partial charge in [0.25, 0.3) is 11.1 Å². The molecule has 4 aromatic rings. The first-order chi connectivity index (χ1) is 19.0. The van der Waals surface area contributed by atoms with E-state index >= 15 is 0 Å². The van der Waals surface area contributed by atoms with Gasteiger partial charge in [-0.3, -0.25) is 4.79 Å². The Bertz CT molecular complexity index is 1550. The minimum atomic E-state index is -4.39. The Balaban J connectivity index is 1.36. The van der Waals surface area contributed by atoms with Crippen molar-refractivity contribution in [2.24, 2.45) is 0 Å². The first kappa shape index (κ1) is 29.2. The number of hydrogen-bond acceptors (Lipinski definition) is 7. The predicted molar refractivity (Wildman–Crippen MR) is 145 cm³/mol. The third kappa shape index (κ3) is 7.06. The molecule has 1 heterocycles. The lowest BCUT2D eigenvalue weighted by atomic mass is 10.1. The largest absolute Gasteiger partial charge is 0.465 e. The molecule has 4 rings (SSSR count). The fraction of sp³-hybridized carbons (Fsp3) is 0.214.